The summed E-state index contributed by atoms with van der Waals surface area (Å²) in [6.07, 6.45) is -3.70. The molecule has 0 unspecified atom stereocenters. The molecule has 0 radical (unpaired) electrons. The number of carbonyl (C=O) groups excluding carboxylic acids is 2. The Bertz CT molecular complexity index is 861. The molecule has 0 fully saturated rings. The molecule has 0 saturated carbocycles. The molecule has 1 N–H and O–H groups in total. The van der Waals surface area contributed by atoms with Gasteiger partial charge in [0.05, 0.1) is 5.56 Å². The summed E-state index contributed by atoms with van der Waals surface area (Å²) in [6, 6.07) is 5.66. The van der Waals surface area contributed by atoms with Crippen LogP contribution in [-0.2, 0) is 28.7 Å². The number of aryl methyl sites for hydroxylation is 1. The van der Waals surface area contributed by atoms with Gasteiger partial charge < -0.3 is 10.2 Å². The van der Waals surface area contributed by atoms with E-state index in [1.807, 2.05) is 11.4 Å². The highest BCUT2D eigenvalue weighted by atomic mass is 32.1. The lowest BCUT2D eigenvalue weighted by atomic mass is 10.1. The van der Waals surface area contributed by atoms with Crippen LogP contribution < -0.4 is 5.32 Å². The molecule has 0 bridgehead atoms. The summed E-state index contributed by atoms with van der Waals surface area (Å²) in [6.45, 7) is 2.54. The SMILES string of the molecule is Cc1ccc(NC(=O)CCC(=O)N2CCc3sccc3C2)cc1C(F)(F)F. The zero-order chi connectivity index (χ0) is 19.6. The Kier molecular flexibility index (Phi) is 5.55. The van der Waals surface area contributed by atoms with Gasteiger partial charge in [0.25, 0.3) is 0 Å². The predicted octanol–water partition coefficient (Wildman–Crippen LogP) is 4.38. The molecule has 1 aliphatic heterocycles. The Morgan fingerprint density at radius 2 is 2.00 bits per heavy atom. The van der Waals surface area contributed by atoms with Crippen molar-refractivity contribution in [1.82, 2.24) is 4.90 Å². The van der Waals surface area contributed by atoms with Crippen LogP contribution in [0.3, 0.4) is 0 Å². The number of amides is 2. The monoisotopic (exact) mass is 396 g/mol. The lowest BCUT2D eigenvalue weighted by Gasteiger charge is -2.27. The van der Waals surface area contributed by atoms with Gasteiger partial charge in [-0.3, -0.25) is 9.59 Å². The molecular formula is C19H19F3N2O2S. The number of rotatable bonds is 4. The second-order valence-corrected chi connectivity index (χ2v) is 7.51. The van der Waals surface area contributed by atoms with Crippen molar-refractivity contribution in [3.8, 4) is 0 Å². The Balaban J connectivity index is 1.54. The van der Waals surface area contributed by atoms with Crippen molar-refractivity contribution in [3.05, 3.63) is 51.2 Å². The van der Waals surface area contributed by atoms with E-state index in [1.54, 1.807) is 16.2 Å². The van der Waals surface area contributed by atoms with Gasteiger partial charge in [0.15, 0.2) is 0 Å². The summed E-state index contributed by atoms with van der Waals surface area (Å²) >= 11 is 1.68. The first-order valence-corrected chi connectivity index (χ1v) is 9.42. The number of hydrogen-bond donors (Lipinski definition) is 1. The van der Waals surface area contributed by atoms with E-state index in [1.165, 1.54) is 23.9 Å². The minimum Gasteiger partial charge on any atom is -0.338 e. The van der Waals surface area contributed by atoms with Crippen LogP contribution in [0.4, 0.5) is 18.9 Å². The van der Waals surface area contributed by atoms with Crippen molar-refractivity contribution < 1.29 is 22.8 Å². The maximum atomic E-state index is 12.9. The van der Waals surface area contributed by atoms with Crippen molar-refractivity contribution >= 4 is 28.8 Å². The Morgan fingerprint density at radius 3 is 2.74 bits per heavy atom. The zero-order valence-corrected chi connectivity index (χ0v) is 15.5. The van der Waals surface area contributed by atoms with Crippen LogP contribution in [0, 0.1) is 6.92 Å². The van der Waals surface area contributed by atoms with E-state index >= 15 is 0 Å². The standard InChI is InChI=1S/C19H19F3N2O2S/c1-12-2-3-14(10-15(12)19(20,21)22)23-17(25)4-5-18(26)24-8-6-16-13(11-24)7-9-27-16/h2-3,7,9-10H,4-6,8,11H2,1H3,(H,23,25). The number of alkyl halides is 3. The van der Waals surface area contributed by atoms with Gasteiger partial charge in [-0.2, -0.15) is 13.2 Å². The molecule has 27 heavy (non-hydrogen) atoms. The van der Waals surface area contributed by atoms with Gasteiger partial charge in [-0.1, -0.05) is 6.07 Å². The topological polar surface area (TPSA) is 49.4 Å². The number of anilines is 1. The first-order chi connectivity index (χ1) is 12.7. The lowest BCUT2D eigenvalue weighted by Crippen LogP contribution is -2.35. The number of nitrogens with one attached hydrogen (secondary N) is 1. The third-order valence-corrected chi connectivity index (χ3v) is 5.58. The maximum absolute atomic E-state index is 12.9. The molecule has 2 heterocycles. The van der Waals surface area contributed by atoms with Crippen LogP contribution in [0.25, 0.3) is 0 Å². The predicted molar refractivity (Wildman–Crippen MR) is 97.5 cm³/mol. The fraction of sp³-hybridized carbons (Fsp3) is 0.368. The molecule has 8 heteroatoms. The molecular weight excluding hydrogens is 377 g/mol. The average Bonchev–Trinajstić information content (AvgIpc) is 3.08. The smallest absolute Gasteiger partial charge is 0.338 e. The first-order valence-electron chi connectivity index (χ1n) is 8.55. The molecule has 2 aromatic rings. The number of halogens is 3. The van der Waals surface area contributed by atoms with Crippen LogP contribution in [0.5, 0.6) is 0 Å². The quantitative estimate of drug-likeness (QED) is 0.834. The number of fused-ring (bicyclic) bond motifs is 1. The zero-order valence-electron chi connectivity index (χ0n) is 14.7. The molecule has 1 aromatic carbocycles. The highest BCUT2D eigenvalue weighted by molar-refractivity contribution is 7.10. The molecule has 0 atom stereocenters. The van der Waals surface area contributed by atoms with Gasteiger partial charge >= 0.3 is 6.18 Å². The van der Waals surface area contributed by atoms with E-state index in [4.69, 9.17) is 0 Å². The number of carbonyl (C=O) groups is 2. The van der Waals surface area contributed by atoms with Gasteiger partial charge in [0, 0.05) is 36.5 Å². The fourth-order valence-electron chi connectivity index (χ4n) is 3.07. The molecule has 2 amide bonds. The van der Waals surface area contributed by atoms with E-state index in [-0.39, 0.29) is 30.0 Å². The van der Waals surface area contributed by atoms with Crippen molar-refractivity contribution in [2.45, 2.75) is 38.9 Å². The highest BCUT2D eigenvalue weighted by Gasteiger charge is 2.32. The molecule has 3 rings (SSSR count). The summed E-state index contributed by atoms with van der Waals surface area (Å²) in [7, 11) is 0. The fourth-order valence-corrected chi connectivity index (χ4v) is 3.96. The molecule has 1 aliphatic rings. The molecule has 4 nitrogen and oxygen atoms in total. The Hall–Kier alpha value is -2.35. The van der Waals surface area contributed by atoms with Crippen LogP contribution in [0.1, 0.15) is 34.4 Å². The van der Waals surface area contributed by atoms with E-state index < -0.39 is 17.6 Å². The van der Waals surface area contributed by atoms with Crippen molar-refractivity contribution in [2.75, 3.05) is 11.9 Å². The number of nitrogens with zero attached hydrogens (tertiary/aromatic N) is 1. The van der Waals surface area contributed by atoms with E-state index in [9.17, 15) is 22.8 Å². The van der Waals surface area contributed by atoms with Gasteiger partial charge in [-0.25, -0.2) is 0 Å². The largest absolute Gasteiger partial charge is 0.416 e. The highest BCUT2D eigenvalue weighted by Crippen LogP contribution is 2.33. The maximum Gasteiger partial charge on any atom is 0.416 e. The summed E-state index contributed by atoms with van der Waals surface area (Å²) in [5.74, 6) is -0.601. The minimum absolute atomic E-state index is 0.0310. The molecule has 0 spiro atoms. The second-order valence-electron chi connectivity index (χ2n) is 6.51. The number of benzene rings is 1. The van der Waals surface area contributed by atoms with Gasteiger partial charge in [-0.15, -0.1) is 11.3 Å². The van der Waals surface area contributed by atoms with Crippen LogP contribution >= 0.6 is 11.3 Å². The van der Waals surface area contributed by atoms with Gasteiger partial charge in [0.1, 0.15) is 0 Å². The third-order valence-electron chi connectivity index (χ3n) is 4.55. The molecule has 0 saturated heterocycles. The summed E-state index contributed by atoms with van der Waals surface area (Å²) in [5.41, 5.74) is 0.527. The van der Waals surface area contributed by atoms with Crippen LogP contribution in [0.2, 0.25) is 0 Å². The third kappa shape index (κ3) is 4.68. The van der Waals surface area contributed by atoms with Crippen molar-refractivity contribution in [1.29, 1.82) is 0 Å². The first kappa shape index (κ1) is 19.4. The molecule has 1 aromatic heterocycles. The van der Waals surface area contributed by atoms with Gasteiger partial charge in [0.2, 0.25) is 11.8 Å². The van der Waals surface area contributed by atoms with E-state index in [0.29, 0.717) is 13.1 Å². The molecule has 144 valence electrons. The Morgan fingerprint density at radius 1 is 1.22 bits per heavy atom. The van der Waals surface area contributed by atoms with Crippen LogP contribution in [-0.4, -0.2) is 23.3 Å². The summed E-state index contributed by atoms with van der Waals surface area (Å²) in [4.78, 5) is 27.4. The van der Waals surface area contributed by atoms with Gasteiger partial charge in [-0.05, 0) is 48.1 Å². The average molecular weight is 396 g/mol. The van der Waals surface area contributed by atoms with Crippen molar-refractivity contribution in [2.24, 2.45) is 0 Å². The number of hydrogen-bond acceptors (Lipinski definition) is 3. The van der Waals surface area contributed by atoms with E-state index in [0.717, 1.165) is 18.1 Å². The second kappa shape index (κ2) is 7.72. The lowest BCUT2D eigenvalue weighted by molar-refractivity contribution is -0.138. The summed E-state index contributed by atoms with van der Waals surface area (Å²) in [5, 5.41) is 4.45. The summed E-state index contributed by atoms with van der Waals surface area (Å²) < 4.78 is 38.8. The number of thiophene rings is 1. The van der Waals surface area contributed by atoms with Crippen LogP contribution in [0.15, 0.2) is 29.6 Å². The van der Waals surface area contributed by atoms with Crippen molar-refractivity contribution in [3.63, 3.8) is 0 Å². The normalized spacial score (nSPS) is 14.0. The molecule has 0 aliphatic carbocycles. The minimum atomic E-state index is -4.48. The Labute approximate surface area is 159 Å². The van der Waals surface area contributed by atoms with E-state index in [2.05, 4.69) is 5.32 Å².